The van der Waals surface area contributed by atoms with Crippen LogP contribution in [0.4, 0.5) is 6.01 Å². The van der Waals surface area contributed by atoms with Gasteiger partial charge in [-0.15, -0.1) is 0 Å². The Kier molecular flexibility index (Phi) is 0.990. The average molecular weight is 139 g/mol. The Labute approximate surface area is 58.2 Å². The van der Waals surface area contributed by atoms with Crippen molar-refractivity contribution in [3.8, 4) is 0 Å². The number of aryl methyl sites for hydroxylation is 1. The molecule has 0 aromatic carbocycles. The normalized spacial score (nSPS) is 23.1. The quantitative estimate of drug-likeness (QED) is 0.538. The van der Waals surface area contributed by atoms with Crippen LogP contribution in [0.5, 0.6) is 0 Å². The molecule has 4 heteroatoms. The second kappa shape index (κ2) is 1.73. The zero-order chi connectivity index (χ0) is 7.14. The molecular formula is C6H9N3O. The fourth-order valence-corrected chi connectivity index (χ4v) is 1.27. The molecule has 1 unspecified atom stereocenters. The van der Waals surface area contributed by atoms with Crippen molar-refractivity contribution in [1.82, 2.24) is 4.98 Å². The van der Waals surface area contributed by atoms with Crippen molar-refractivity contribution in [2.75, 3.05) is 5.73 Å². The first-order chi connectivity index (χ1) is 4.77. The summed E-state index contributed by atoms with van der Waals surface area (Å²) < 4.78 is 5.08. The molecule has 10 heavy (non-hydrogen) atoms. The Balaban J connectivity index is 2.49. The van der Waals surface area contributed by atoms with Crippen LogP contribution in [0.2, 0.25) is 0 Å². The maximum atomic E-state index is 5.68. The van der Waals surface area contributed by atoms with Gasteiger partial charge in [0, 0.05) is 6.42 Å². The van der Waals surface area contributed by atoms with Gasteiger partial charge in [0.1, 0.15) is 11.5 Å². The number of nitrogen functional groups attached to an aromatic ring is 1. The molecule has 1 aliphatic carbocycles. The number of oxazole rings is 1. The van der Waals surface area contributed by atoms with E-state index in [-0.39, 0.29) is 12.1 Å². The van der Waals surface area contributed by atoms with E-state index < -0.39 is 0 Å². The van der Waals surface area contributed by atoms with Crippen LogP contribution in [0, 0.1) is 0 Å². The van der Waals surface area contributed by atoms with Crippen LogP contribution in [-0.4, -0.2) is 4.98 Å². The lowest BCUT2D eigenvalue weighted by Gasteiger charge is -1.95. The van der Waals surface area contributed by atoms with E-state index >= 15 is 0 Å². The van der Waals surface area contributed by atoms with Crippen LogP contribution < -0.4 is 11.5 Å². The lowest BCUT2D eigenvalue weighted by molar-refractivity contribution is 0.524. The molecule has 1 heterocycles. The minimum absolute atomic E-state index is 0.0380. The van der Waals surface area contributed by atoms with Crippen molar-refractivity contribution in [1.29, 1.82) is 0 Å². The van der Waals surface area contributed by atoms with Crippen LogP contribution in [0.1, 0.15) is 23.9 Å². The van der Waals surface area contributed by atoms with E-state index in [1.54, 1.807) is 0 Å². The van der Waals surface area contributed by atoms with Crippen LogP contribution in [0.15, 0.2) is 4.42 Å². The molecule has 1 aromatic heterocycles. The first-order valence-corrected chi connectivity index (χ1v) is 3.28. The zero-order valence-corrected chi connectivity index (χ0v) is 5.50. The summed E-state index contributed by atoms with van der Waals surface area (Å²) in [5.41, 5.74) is 11.8. The topological polar surface area (TPSA) is 78.1 Å². The molecule has 1 atom stereocenters. The molecule has 4 nitrogen and oxygen atoms in total. The van der Waals surface area contributed by atoms with Crippen molar-refractivity contribution < 1.29 is 4.42 Å². The summed E-state index contributed by atoms with van der Waals surface area (Å²) in [7, 11) is 0. The fraction of sp³-hybridized carbons (Fsp3) is 0.500. The SMILES string of the molecule is Nc1nc2c(o1)CCC2N. The van der Waals surface area contributed by atoms with Gasteiger partial charge in [0.25, 0.3) is 6.01 Å². The van der Waals surface area contributed by atoms with E-state index in [0.717, 1.165) is 24.3 Å². The van der Waals surface area contributed by atoms with Crippen LogP contribution >= 0.6 is 0 Å². The summed E-state index contributed by atoms with van der Waals surface area (Å²) in [5, 5.41) is 0. The number of nitrogens with two attached hydrogens (primary N) is 2. The molecule has 4 N–H and O–H groups in total. The van der Waals surface area contributed by atoms with E-state index in [2.05, 4.69) is 4.98 Å². The van der Waals surface area contributed by atoms with Gasteiger partial charge in [-0.05, 0) is 6.42 Å². The number of fused-ring (bicyclic) bond motifs is 1. The molecule has 0 spiro atoms. The molecular weight excluding hydrogens is 130 g/mol. The lowest BCUT2D eigenvalue weighted by atomic mass is 10.3. The van der Waals surface area contributed by atoms with E-state index in [9.17, 15) is 0 Å². The summed E-state index contributed by atoms with van der Waals surface area (Å²) in [4.78, 5) is 3.96. The summed E-state index contributed by atoms with van der Waals surface area (Å²) >= 11 is 0. The Morgan fingerprint density at radius 3 is 3.10 bits per heavy atom. The first kappa shape index (κ1) is 5.73. The maximum Gasteiger partial charge on any atom is 0.292 e. The highest BCUT2D eigenvalue weighted by atomic mass is 16.4. The molecule has 0 radical (unpaired) electrons. The average Bonchev–Trinajstić information content (AvgIpc) is 2.35. The Hall–Kier alpha value is -1.03. The summed E-state index contributed by atoms with van der Waals surface area (Å²) in [6.45, 7) is 0. The van der Waals surface area contributed by atoms with Crippen molar-refractivity contribution >= 4 is 6.01 Å². The van der Waals surface area contributed by atoms with Crippen molar-refractivity contribution in [2.45, 2.75) is 18.9 Å². The van der Waals surface area contributed by atoms with Gasteiger partial charge >= 0.3 is 0 Å². The largest absolute Gasteiger partial charge is 0.429 e. The maximum absolute atomic E-state index is 5.68. The smallest absolute Gasteiger partial charge is 0.292 e. The molecule has 1 aromatic rings. The molecule has 0 saturated heterocycles. The van der Waals surface area contributed by atoms with Crippen LogP contribution in [0.3, 0.4) is 0 Å². The summed E-state index contributed by atoms with van der Waals surface area (Å²) in [6.07, 6.45) is 1.81. The lowest BCUT2D eigenvalue weighted by Crippen LogP contribution is -2.06. The van der Waals surface area contributed by atoms with Crippen LogP contribution in [-0.2, 0) is 6.42 Å². The third-order valence-corrected chi connectivity index (χ3v) is 1.78. The van der Waals surface area contributed by atoms with Gasteiger partial charge in [0.15, 0.2) is 0 Å². The highest BCUT2D eigenvalue weighted by molar-refractivity contribution is 5.26. The third-order valence-electron chi connectivity index (χ3n) is 1.78. The second-order valence-corrected chi connectivity index (χ2v) is 2.51. The van der Waals surface area contributed by atoms with Gasteiger partial charge in [0.05, 0.1) is 6.04 Å². The van der Waals surface area contributed by atoms with Crippen molar-refractivity contribution in [3.63, 3.8) is 0 Å². The number of hydrogen-bond acceptors (Lipinski definition) is 4. The Bertz CT molecular complexity index is 255. The van der Waals surface area contributed by atoms with Crippen molar-refractivity contribution in [3.05, 3.63) is 11.5 Å². The highest BCUT2D eigenvalue weighted by Crippen LogP contribution is 2.29. The summed E-state index contributed by atoms with van der Waals surface area (Å²) in [5.74, 6) is 0.866. The monoisotopic (exact) mass is 139 g/mol. The third kappa shape index (κ3) is 0.623. The zero-order valence-electron chi connectivity index (χ0n) is 5.50. The highest BCUT2D eigenvalue weighted by Gasteiger charge is 2.24. The number of nitrogens with zero attached hydrogens (tertiary/aromatic N) is 1. The number of hydrogen-bond donors (Lipinski definition) is 2. The van der Waals surface area contributed by atoms with E-state index in [1.807, 2.05) is 0 Å². The molecule has 0 bridgehead atoms. The minimum Gasteiger partial charge on any atom is -0.429 e. The standard InChI is InChI=1S/C6H9N3O/c7-3-1-2-4-5(3)9-6(8)10-4/h3H,1-2,7H2,(H2,8,9). The van der Waals surface area contributed by atoms with Crippen molar-refractivity contribution in [2.24, 2.45) is 5.73 Å². The van der Waals surface area contributed by atoms with Gasteiger partial charge in [0.2, 0.25) is 0 Å². The Morgan fingerprint density at radius 2 is 2.40 bits per heavy atom. The van der Waals surface area contributed by atoms with Gasteiger partial charge in [-0.2, -0.15) is 4.98 Å². The molecule has 0 saturated carbocycles. The molecule has 0 aliphatic heterocycles. The van der Waals surface area contributed by atoms with E-state index in [0.29, 0.717) is 0 Å². The van der Waals surface area contributed by atoms with E-state index in [4.69, 9.17) is 15.9 Å². The number of anilines is 1. The Morgan fingerprint density at radius 1 is 1.60 bits per heavy atom. The summed E-state index contributed by atoms with van der Waals surface area (Å²) in [6, 6.07) is 0.274. The predicted octanol–water partition coefficient (Wildman–Crippen LogP) is 0.203. The fourth-order valence-electron chi connectivity index (χ4n) is 1.27. The number of aromatic nitrogens is 1. The predicted molar refractivity (Wildman–Crippen MR) is 36.2 cm³/mol. The van der Waals surface area contributed by atoms with Gasteiger partial charge in [-0.3, -0.25) is 0 Å². The molecule has 0 amide bonds. The van der Waals surface area contributed by atoms with Gasteiger partial charge in [-0.1, -0.05) is 0 Å². The first-order valence-electron chi connectivity index (χ1n) is 3.28. The molecule has 0 fully saturated rings. The molecule has 1 aliphatic rings. The second-order valence-electron chi connectivity index (χ2n) is 2.51. The van der Waals surface area contributed by atoms with E-state index in [1.165, 1.54) is 0 Å². The van der Waals surface area contributed by atoms with Gasteiger partial charge in [-0.25, -0.2) is 0 Å². The number of rotatable bonds is 0. The van der Waals surface area contributed by atoms with Crippen LogP contribution in [0.25, 0.3) is 0 Å². The van der Waals surface area contributed by atoms with Gasteiger partial charge < -0.3 is 15.9 Å². The minimum atomic E-state index is 0.0380. The molecule has 54 valence electrons. The molecule has 2 rings (SSSR count).